The van der Waals surface area contributed by atoms with Crippen LogP contribution in [0.1, 0.15) is 12.6 Å². The summed E-state index contributed by atoms with van der Waals surface area (Å²) in [5.74, 6) is 0. The average molecular weight is 193 g/mol. The Labute approximate surface area is 79.7 Å². The number of aromatic nitrogens is 4. The molecule has 0 radical (unpaired) electrons. The van der Waals surface area contributed by atoms with E-state index in [1.165, 1.54) is 4.52 Å². The highest BCUT2D eigenvalue weighted by molar-refractivity contribution is 5.34. The number of rotatable bonds is 2. The Balaban J connectivity index is 2.49. The summed E-state index contributed by atoms with van der Waals surface area (Å²) in [6.45, 7) is 1.89. The van der Waals surface area contributed by atoms with Gasteiger partial charge in [-0.1, -0.05) is 0 Å². The maximum atomic E-state index is 11.2. The van der Waals surface area contributed by atoms with Crippen LogP contribution in [0.4, 0.5) is 0 Å². The van der Waals surface area contributed by atoms with Crippen molar-refractivity contribution in [2.45, 2.75) is 19.4 Å². The molecular weight excluding hydrogens is 182 g/mol. The van der Waals surface area contributed by atoms with Crippen molar-refractivity contribution in [2.75, 3.05) is 0 Å². The predicted molar refractivity (Wildman–Crippen MR) is 51.0 cm³/mol. The Morgan fingerprint density at radius 3 is 3.14 bits per heavy atom. The normalized spacial score (nSPS) is 13.3. The second-order valence-corrected chi connectivity index (χ2v) is 3.30. The monoisotopic (exact) mass is 193 g/mol. The number of H-pyrrole nitrogens is 1. The summed E-state index contributed by atoms with van der Waals surface area (Å²) in [5, 5.41) is 10.2. The van der Waals surface area contributed by atoms with Crippen LogP contribution < -0.4 is 11.4 Å². The van der Waals surface area contributed by atoms with Crippen LogP contribution in [0.5, 0.6) is 0 Å². The van der Waals surface area contributed by atoms with Crippen LogP contribution in [-0.4, -0.2) is 25.9 Å². The molecule has 0 aliphatic heterocycles. The number of hydrogen-bond acceptors (Lipinski definition) is 4. The van der Waals surface area contributed by atoms with E-state index in [9.17, 15) is 4.79 Å². The molecule has 3 N–H and O–H groups in total. The molecule has 0 amide bonds. The molecule has 1 unspecified atom stereocenters. The topological polar surface area (TPSA) is 89.1 Å². The largest absolute Gasteiger partial charge is 0.364 e. The van der Waals surface area contributed by atoms with Crippen molar-refractivity contribution >= 4 is 5.65 Å². The smallest absolute Gasteiger partial charge is 0.328 e. The van der Waals surface area contributed by atoms with Gasteiger partial charge in [-0.05, 0) is 19.1 Å². The van der Waals surface area contributed by atoms with Crippen molar-refractivity contribution in [1.29, 1.82) is 0 Å². The van der Waals surface area contributed by atoms with Crippen LogP contribution in [0.2, 0.25) is 0 Å². The van der Waals surface area contributed by atoms with E-state index < -0.39 is 0 Å². The zero-order valence-corrected chi connectivity index (χ0v) is 7.77. The zero-order valence-electron chi connectivity index (χ0n) is 7.77. The number of nitrogens with two attached hydrogens (primary N) is 1. The Morgan fingerprint density at radius 2 is 2.43 bits per heavy atom. The molecule has 0 saturated carbocycles. The summed E-state index contributed by atoms with van der Waals surface area (Å²) in [7, 11) is 0. The third-order valence-electron chi connectivity index (χ3n) is 1.86. The van der Waals surface area contributed by atoms with Gasteiger partial charge in [-0.2, -0.15) is 14.7 Å². The second-order valence-electron chi connectivity index (χ2n) is 3.30. The average Bonchev–Trinajstić information content (AvgIpc) is 2.47. The van der Waals surface area contributed by atoms with Gasteiger partial charge in [-0.15, -0.1) is 0 Å². The maximum Gasteiger partial charge on any atom is 0.364 e. The third kappa shape index (κ3) is 1.51. The summed E-state index contributed by atoms with van der Waals surface area (Å²) in [6, 6.07) is 3.59. The highest BCUT2D eigenvalue weighted by Gasteiger charge is 2.04. The molecule has 0 bridgehead atoms. The van der Waals surface area contributed by atoms with E-state index in [0.29, 0.717) is 12.1 Å². The van der Waals surface area contributed by atoms with E-state index in [2.05, 4.69) is 15.3 Å². The lowest BCUT2D eigenvalue weighted by atomic mass is 10.2. The van der Waals surface area contributed by atoms with Crippen LogP contribution in [0, 0.1) is 0 Å². The van der Waals surface area contributed by atoms with Crippen molar-refractivity contribution in [1.82, 2.24) is 19.8 Å². The first kappa shape index (κ1) is 8.89. The molecule has 2 heterocycles. The van der Waals surface area contributed by atoms with Gasteiger partial charge in [0.15, 0.2) is 5.65 Å². The van der Waals surface area contributed by atoms with Gasteiger partial charge in [0, 0.05) is 12.5 Å². The SMILES string of the molecule is CC(N)Cc1ccc2n[nH]c(=O)n2n1. The van der Waals surface area contributed by atoms with Gasteiger partial charge in [0.1, 0.15) is 0 Å². The molecule has 2 rings (SSSR count). The van der Waals surface area contributed by atoms with Crippen molar-refractivity contribution in [3.05, 3.63) is 28.3 Å². The molecule has 1 atom stereocenters. The molecule has 6 heteroatoms. The lowest BCUT2D eigenvalue weighted by molar-refractivity contribution is 0.698. The number of aromatic amines is 1. The standard InChI is InChI=1S/C8H11N5O/c1-5(9)4-6-2-3-7-10-11-8(14)13(7)12-6/h2-3,5H,4,9H2,1H3,(H,11,14). The predicted octanol–water partition coefficient (Wildman–Crippen LogP) is -0.693. The summed E-state index contributed by atoms with van der Waals surface area (Å²) >= 11 is 0. The van der Waals surface area contributed by atoms with Crippen molar-refractivity contribution in [3.63, 3.8) is 0 Å². The molecule has 0 saturated heterocycles. The van der Waals surface area contributed by atoms with Crippen molar-refractivity contribution in [2.24, 2.45) is 5.73 Å². The van der Waals surface area contributed by atoms with Crippen LogP contribution in [0.15, 0.2) is 16.9 Å². The van der Waals surface area contributed by atoms with Gasteiger partial charge in [0.05, 0.1) is 5.69 Å². The number of nitrogens with zero attached hydrogens (tertiary/aromatic N) is 3. The molecule has 74 valence electrons. The molecule has 6 nitrogen and oxygen atoms in total. The fourth-order valence-electron chi connectivity index (χ4n) is 1.28. The van der Waals surface area contributed by atoms with E-state index in [1.54, 1.807) is 6.07 Å². The highest BCUT2D eigenvalue weighted by atomic mass is 16.2. The fraction of sp³-hybridized carbons (Fsp3) is 0.375. The molecule has 2 aromatic heterocycles. The van der Waals surface area contributed by atoms with E-state index in [0.717, 1.165) is 5.69 Å². The minimum atomic E-state index is -0.327. The Morgan fingerprint density at radius 1 is 1.64 bits per heavy atom. The quantitative estimate of drug-likeness (QED) is 0.660. The first-order valence-corrected chi connectivity index (χ1v) is 4.36. The molecule has 2 aromatic rings. The molecular formula is C8H11N5O. The summed E-state index contributed by atoms with van der Waals surface area (Å²) in [4.78, 5) is 11.2. The molecule has 0 fully saturated rings. The van der Waals surface area contributed by atoms with Crippen LogP contribution >= 0.6 is 0 Å². The van der Waals surface area contributed by atoms with Crippen molar-refractivity contribution in [3.8, 4) is 0 Å². The fourth-order valence-corrected chi connectivity index (χ4v) is 1.28. The summed E-state index contributed by atoms with van der Waals surface area (Å²) in [6.07, 6.45) is 0.646. The molecule has 0 spiro atoms. The molecule has 0 aliphatic rings. The van der Waals surface area contributed by atoms with Gasteiger partial charge < -0.3 is 5.73 Å². The van der Waals surface area contributed by atoms with E-state index >= 15 is 0 Å². The van der Waals surface area contributed by atoms with Crippen LogP contribution in [-0.2, 0) is 6.42 Å². The second kappa shape index (κ2) is 3.22. The van der Waals surface area contributed by atoms with Crippen molar-refractivity contribution < 1.29 is 0 Å². The van der Waals surface area contributed by atoms with E-state index in [-0.39, 0.29) is 11.7 Å². The number of nitrogens with one attached hydrogen (secondary N) is 1. The van der Waals surface area contributed by atoms with Gasteiger partial charge >= 0.3 is 5.69 Å². The van der Waals surface area contributed by atoms with E-state index in [4.69, 9.17) is 5.73 Å². The minimum Gasteiger partial charge on any atom is -0.328 e. The van der Waals surface area contributed by atoms with Gasteiger partial charge in [0.2, 0.25) is 0 Å². The zero-order chi connectivity index (χ0) is 10.1. The highest BCUT2D eigenvalue weighted by Crippen LogP contribution is 1.99. The van der Waals surface area contributed by atoms with Gasteiger partial charge in [0.25, 0.3) is 0 Å². The first-order valence-electron chi connectivity index (χ1n) is 4.36. The maximum absolute atomic E-state index is 11.2. The molecule has 0 aromatic carbocycles. The molecule has 0 aliphatic carbocycles. The Kier molecular flexibility index (Phi) is 2.05. The van der Waals surface area contributed by atoms with Gasteiger partial charge in [-0.3, -0.25) is 0 Å². The summed E-state index contributed by atoms with van der Waals surface area (Å²) < 4.78 is 1.23. The summed E-state index contributed by atoms with van der Waals surface area (Å²) in [5.41, 5.74) is 6.61. The number of fused-ring (bicyclic) bond motifs is 1. The minimum absolute atomic E-state index is 0.0301. The molecule has 14 heavy (non-hydrogen) atoms. The van der Waals surface area contributed by atoms with E-state index in [1.807, 2.05) is 13.0 Å². The third-order valence-corrected chi connectivity index (χ3v) is 1.86. The van der Waals surface area contributed by atoms with Crippen LogP contribution in [0.3, 0.4) is 0 Å². The lowest BCUT2D eigenvalue weighted by Crippen LogP contribution is -2.20. The number of hydrogen-bond donors (Lipinski definition) is 2. The first-order chi connectivity index (χ1) is 6.66. The lowest BCUT2D eigenvalue weighted by Gasteiger charge is -2.03. The Bertz CT molecular complexity index is 498. The van der Waals surface area contributed by atoms with Crippen LogP contribution in [0.25, 0.3) is 5.65 Å². The van der Waals surface area contributed by atoms with Gasteiger partial charge in [-0.25, -0.2) is 9.89 Å². The Hall–Kier alpha value is -1.69.